The Morgan fingerprint density at radius 1 is 1.19 bits per heavy atom. The zero-order chi connectivity index (χ0) is 17.9. The molecule has 0 aliphatic carbocycles. The van der Waals surface area contributed by atoms with Gasteiger partial charge in [0.25, 0.3) is 0 Å². The zero-order valence-electron chi connectivity index (χ0n) is 14.5. The van der Waals surface area contributed by atoms with Crippen molar-refractivity contribution in [2.45, 2.75) is 13.3 Å². The number of carbonyl (C=O) groups excluding carboxylic acids is 1. The molecule has 3 aromatic rings. The fourth-order valence-electron chi connectivity index (χ4n) is 2.94. The molecule has 26 heavy (non-hydrogen) atoms. The van der Waals surface area contributed by atoms with Gasteiger partial charge in [-0.15, -0.1) is 0 Å². The predicted molar refractivity (Wildman–Crippen MR) is 99.3 cm³/mol. The Morgan fingerprint density at radius 3 is 2.65 bits per heavy atom. The molecule has 4 rings (SSSR count). The van der Waals surface area contributed by atoms with Crippen molar-refractivity contribution < 1.29 is 4.79 Å². The molecule has 0 spiro atoms. The van der Waals surface area contributed by atoms with Crippen LogP contribution in [0.25, 0.3) is 5.82 Å². The maximum Gasteiger partial charge on any atom is 0.231 e. The summed E-state index contributed by atoms with van der Waals surface area (Å²) in [7, 11) is 0. The van der Waals surface area contributed by atoms with E-state index < -0.39 is 0 Å². The van der Waals surface area contributed by atoms with E-state index in [4.69, 9.17) is 0 Å². The van der Waals surface area contributed by atoms with Crippen LogP contribution in [-0.2, 0) is 11.2 Å². The molecule has 1 saturated heterocycles. The Balaban J connectivity index is 1.36. The van der Waals surface area contributed by atoms with Crippen LogP contribution in [-0.4, -0.2) is 38.7 Å². The van der Waals surface area contributed by atoms with E-state index in [0.29, 0.717) is 18.9 Å². The van der Waals surface area contributed by atoms with Gasteiger partial charge in [-0.05, 0) is 30.2 Å². The van der Waals surface area contributed by atoms with Crippen molar-refractivity contribution in [1.82, 2.24) is 19.7 Å². The Kier molecular flexibility index (Phi) is 4.35. The van der Waals surface area contributed by atoms with Crippen LogP contribution in [0.15, 0.2) is 55.1 Å². The average Bonchev–Trinajstić information content (AvgIpc) is 3.16. The first-order valence-electron chi connectivity index (χ1n) is 8.70. The quantitative estimate of drug-likeness (QED) is 0.766. The van der Waals surface area contributed by atoms with E-state index in [-0.39, 0.29) is 11.8 Å². The van der Waals surface area contributed by atoms with E-state index in [9.17, 15) is 4.79 Å². The van der Waals surface area contributed by atoms with Gasteiger partial charge in [-0.1, -0.05) is 19.1 Å². The number of carbonyl (C=O) groups is 1. The summed E-state index contributed by atoms with van der Waals surface area (Å²) in [5, 5.41) is 7.17. The lowest BCUT2D eigenvalue weighted by molar-refractivity contribution is -0.120. The molecular weight excluding hydrogens is 328 g/mol. The number of rotatable bonds is 5. The fourth-order valence-corrected chi connectivity index (χ4v) is 2.94. The van der Waals surface area contributed by atoms with Crippen LogP contribution < -0.4 is 10.2 Å². The van der Waals surface area contributed by atoms with Gasteiger partial charge >= 0.3 is 0 Å². The second kappa shape index (κ2) is 6.95. The summed E-state index contributed by atoms with van der Waals surface area (Å²) in [6.07, 6.45) is 6.06. The van der Waals surface area contributed by atoms with Gasteiger partial charge in [-0.25, -0.2) is 14.6 Å². The summed E-state index contributed by atoms with van der Waals surface area (Å²) in [6.45, 7) is 3.41. The number of nitrogens with zero attached hydrogens (tertiary/aromatic N) is 5. The molecule has 1 N–H and O–H groups in total. The third-order valence-electron chi connectivity index (χ3n) is 4.58. The summed E-state index contributed by atoms with van der Waals surface area (Å²) in [5.74, 6) is 1.53. The summed E-state index contributed by atoms with van der Waals surface area (Å²) < 4.78 is 1.69. The Bertz CT molecular complexity index is 885. The number of amides is 1. The molecule has 0 radical (unpaired) electrons. The van der Waals surface area contributed by atoms with Crippen molar-refractivity contribution in [3.63, 3.8) is 0 Å². The third-order valence-corrected chi connectivity index (χ3v) is 4.58. The van der Waals surface area contributed by atoms with Crippen molar-refractivity contribution in [3.05, 3.63) is 60.7 Å². The van der Waals surface area contributed by atoms with E-state index in [0.717, 1.165) is 17.9 Å². The summed E-state index contributed by atoms with van der Waals surface area (Å²) in [5.41, 5.74) is 2.10. The highest BCUT2D eigenvalue weighted by atomic mass is 16.2. The number of hydrogen-bond donors (Lipinski definition) is 1. The summed E-state index contributed by atoms with van der Waals surface area (Å²) >= 11 is 0. The lowest BCUT2D eigenvalue weighted by Gasteiger charge is -2.39. The average molecular weight is 348 g/mol. The second-order valence-electron chi connectivity index (χ2n) is 6.33. The smallest absolute Gasteiger partial charge is 0.231 e. The molecule has 0 bridgehead atoms. The first-order valence-corrected chi connectivity index (χ1v) is 8.70. The molecule has 1 aliphatic heterocycles. The molecule has 3 heterocycles. The maximum absolute atomic E-state index is 12.4. The second-order valence-corrected chi connectivity index (χ2v) is 6.33. The molecule has 0 unspecified atom stereocenters. The predicted octanol–water partition coefficient (Wildman–Crippen LogP) is 2.30. The van der Waals surface area contributed by atoms with Gasteiger partial charge in [0, 0.05) is 37.2 Å². The molecule has 1 fully saturated rings. The highest BCUT2D eigenvalue weighted by Crippen LogP contribution is 2.24. The minimum absolute atomic E-state index is 0.0380. The fraction of sp³-hybridized carbons (Fsp3) is 0.263. The Morgan fingerprint density at radius 2 is 1.96 bits per heavy atom. The van der Waals surface area contributed by atoms with Crippen molar-refractivity contribution in [2.75, 3.05) is 23.3 Å². The van der Waals surface area contributed by atoms with E-state index in [1.165, 1.54) is 11.9 Å². The molecule has 132 valence electrons. The first-order chi connectivity index (χ1) is 12.7. The number of nitrogens with one attached hydrogen (secondary N) is 1. The van der Waals surface area contributed by atoms with Gasteiger partial charge < -0.3 is 10.2 Å². The van der Waals surface area contributed by atoms with Crippen molar-refractivity contribution in [1.29, 1.82) is 0 Å². The number of aromatic nitrogens is 4. The largest absolute Gasteiger partial charge is 0.355 e. The normalized spacial score (nSPS) is 14.1. The summed E-state index contributed by atoms with van der Waals surface area (Å²) in [4.78, 5) is 23.0. The van der Waals surface area contributed by atoms with Crippen LogP contribution in [0.2, 0.25) is 0 Å². The summed E-state index contributed by atoms with van der Waals surface area (Å²) in [6, 6.07) is 11.7. The minimum atomic E-state index is -0.0380. The van der Waals surface area contributed by atoms with Gasteiger partial charge in [0.2, 0.25) is 5.91 Å². The molecule has 7 heteroatoms. The van der Waals surface area contributed by atoms with E-state index in [1.54, 1.807) is 10.9 Å². The van der Waals surface area contributed by atoms with Gasteiger partial charge in [0.05, 0.1) is 5.92 Å². The molecule has 1 aliphatic rings. The molecule has 1 amide bonds. The lowest BCUT2D eigenvalue weighted by atomic mass is 9.99. The minimum Gasteiger partial charge on any atom is -0.355 e. The maximum atomic E-state index is 12.4. The molecule has 0 atom stereocenters. The van der Waals surface area contributed by atoms with Crippen LogP contribution in [0, 0.1) is 5.92 Å². The zero-order valence-corrected chi connectivity index (χ0v) is 14.5. The van der Waals surface area contributed by atoms with Crippen LogP contribution in [0.1, 0.15) is 12.5 Å². The van der Waals surface area contributed by atoms with Crippen molar-refractivity contribution >= 4 is 17.4 Å². The van der Waals surface area contributed by atoms with Crippen LogP contribution in [0.4, 0.5) is 11.5 Å². The van der Waals surface area contributed by atoms with E-state index in [1.807, 2.05) is 42.6 Å². The van der Waals surface area contributed by atoms with Gasteiger partial charge in [0.15, 0.2) is 5.82 Å². The highest BCUT2D eigenvalue weighted by Gasteiger charge is 2.33. The molecular formula is C19H20N6O. The van der Waals surface area contributed by atoms with E-state index >= 15 is 0 Å². The molecule has 7 nitrogen and oxygen atoms in total. The third kappa shape index (κ3) is 3.28. The van der Waals surface area contributed by atoms with Crippen molar-refractivity contribution in [2.24, 2.45) is 5.92 Å². The van der Waals surface area contributed by atoms with Crippen LogP contribution in [0.3, 0.4) is 0 Å². The van der Waals surface area contributed by atoms with Crippen LogP contribution >= 0.6 is 0 Å². The van der Waals surface area contributed by atoms with Crippen LogP contribution in [0.5, 0.6) is 0 Å². The number of aryl methyl sites for hydroxylation is 1. The number of hydrogen-bond acceptors (Lipinski definition) is 5. The molecule has 2 aromatic heterocycles. The highest BCUT2D eigenvalue weighted by molar-refractivity contribution is 5.94. The number of anilines is 2. The standard InChI is InChI=1S/C19H20N6O/c1-2-14-4-6-16(7-5-14)23-19(26)15-11-24(12-15)17-10-18(21-13-20-17)25-9-3-8-22-25/h3-10,13,15H,2,11-12H2,1H3,(H,23,26). The Hall–Kier alpha value is -3.22. The lowest BCUT2D eigenvalue weighted by Crippen LogP contribution is -2.52. The monoisotopic (exact) mass is 348 g/mol. The van der Waals surface area contributed by atoms with Crippen molar-refractivity contribution in [3.8, 4) is 5.82 Å². The van der Waals surface area contributed by atoms with Gasteiger partial charge in [0.1, 0.15) is 12.1 Å². The van der Waals surface area contributed by atoms with Gasteiger partial charge in [-0.2, -0.15) is 5.10 Å². The number of benzene rings is 1. The molecule has 0 saturated carbocycles. The van der Waals surface area contributed by atoms with Gasteiger partial charge in [-0.3, -0.25) is 4.79 Å². The molecule has 1 aromatic carbocycles. The first kappa shape index (κ1) is 16.3. The Labute approximate surface area is 151 Å². The van der Waals surface area contributed by atoms with E-state index in [2.05, 4.69) is 32.2 Å². The SMILES string of the molecule is CCc1ccc(NC(=O)C2CN(c3cc(-n4cccn4)ncn3)C2)cc1. The topological polar surface area (TPSA) is 75.9 Å².